The van der Waals surface area contributed by atoms with E-state index in [-0.39, 0.29) is 5.54 Å². The molecule has 2 rings (SSSR count). The van der Waals surface area contributed by atoms with Crippen LogP contribution in [0.5, 0.6) is 0 Å². The average molecular weight is 263 g/mol. The van der Waals surface area contributed by atoms with Crippen LogP contribution in [-0.4, -0.2) is 21.4 Å². The Labute approximate surface area is 113 Å². The lowest BCUT2D eigenvalue weighted by Crippen LogP contribution is -2.48. The Balaban J connectivity index is 2.04. The fourth-order valence-corrected chi connectivity index (χ4v) is 3.13. The van der Waals surface area contributed by atoms with Crippen molar-refractivity contribution in [3.05, 3.63) is 29.6 Å². The third-order valence-corrected chi connectivity index (χ3v) is 4.48. The molecule has 4 heteroatoms. The van der Waals surface area contributed by atoms with E-state index in [9.17, 15) is 0 Å². The van der Waals surface area contributed by atoms with Gasteiger partial charge in [-0.25, -0.2) is 0 Å². The summed E-state index contributed by atoms with van der Waals surface area (Å²) in [7, 11) is 0. The Kier molecular flexibility index (Phi) is 4.27. The van der Waals surface area contributed by atoms with E-state index in [4.69, 9.17) is 0 Å². The fraction of sp³-hybridized carbons (Fsp3) is 0.571. The second kappa shape index (κ2) is 5.74. The maximum absolute atomic E-state index is 4.66. The fourth-order valence-electron chi connectivity index (χ4n) is 1.91. The van der Waals surface area contributed by atoms with E-state index in [0.717, 1.165) is 23.0 Å². The molecule has 0 bridgehead atoms. The van der Waals surface area contributed by atoms with E-state index >= 15 is 0 Å². The maximum Gasteiger partial charge on any atom is 0.157 e. The van der Waals surface area contributed by atoms with Crippen LogP contribution in [0.2, 0.25) is 0 Å². The van der Waals surface area contributed by atoms with Gasteiger partial charge in [0.05, 0.1) is 12.2 Å². The van der Waals surface area contributed by atoms with Gasteiger partial charge in [0.15, 0.2) is 5.17 Å². The molecule has 1 aliphatic rings. The molecule has 18 heavy (non-hydrogen) atoms. The number of thioether (sulfide) groups is 1. The molecule has 1 atom stereocenters. The lowest BCUT2D eigenvalue weighted by atomic mass is 9.96. The van der Waals surface area contributed by atoms with Crippen LogP contribution >= 0.6 is 11.8 Å². The van der Waals surface area contributed by atoms with Crippen molar-refractivity contribution in [1.82, 2.24) is 10.3 Å². The van der Waals surface area contributed by atoms with Gasteiger partial charge in [0.2, 0.25) is 0 Å². The lowest BCUT2D eigenvalue weighted by Gasteiger charge is -2.35. The zero-order valence-corrected chi connectivity index (χ0v) is 12.2. The summed E-state index contributed by atoms with van der Waals surface area (Å²) < 4.78 is 0. The quantitative estimate of drug-likeness (QED) is 0.910. The summed E-state index contributed by atoms with van der Waals surface area (Å²) in [6, 6.07) is 4.05. The van der Waals surface area contributed by atoms with Crippen molar-refractivity contribution in [3.63, 3.8) is 0 Å². The molecule has 1 saturated heterocycles. The zero-order chi connectivity index (χ0) is 13.0. The average Bonchev–Trinajstić information content (AvgIpc) is 2.38. The Morgan fingerprint density at radius 1 is 1.56 bits per heavy atom. The number of nitrogens with zero attached hydrogens (tertiary/aromatic N) is 2. The first-order valence-corrected chi connectivity index (χ1v) is 7.47. The van der Waals surface area contributed by atoms with Gasteiger partial charge in [0, 0.05) is 17.5 Å². The predicted molar refractivity (Wildman–Crippen MR) is 79.0 cm³/mol. The van der Waals surface area contributed by atoms with E-state index < -0.39 is 0 Å². The van der Waals surface area contributed by atoms with E-state index in [1.165, 1.54) is 12.0 Å². The van der Waals surface area contributed by atoms with Crippen molar-refractivity contribution >= 4 is 16.9 Å². The summed E-state index contributed by atoms with van der Waals surface area (Å²) in [4.78, 5) is 9.04. The summed E-state index contributed by atoms with van der Waals surface area (Å²) in [6.07, 6.45) is 4.17. The van der Waals surface area contributed by atoms with Gasteiger partial charge in [-0.05, 0) is 38.3 Å². The topological polar surface area (TPSA) is 37.3 Å². The minimum Gasteiger partial charge on any atom is -0.360 e. The molecule has 1 N–H and O–H groups in total. The van der Waals surface area contributed by atoms with E-state index in [1.54, 1.807) is 0 Å². The Bertz CT molecular complexity index is 444. The molecule has 0 amide bonds. The van der Waals surface area contributed by atoms with Crippen LogP contribution in [0.25, 0.3) is 0 Å². The molecule has 0 spiro atoms. The second-order valence-electron chi connectivity index (χ2n) is 5.03. The van der Waals surface area contributed by atoms with E-state index in [0.29, 0.717) is 6.54 Å². The van der Waals surface area contributed by atoms with Crippen LogP contribution in [0.15, 0.2) is 23.3 Å². The van der Waals surface area contributed by atoms with Gasteiger partial charge in [-0.1, -0.05) is 24.8 Å². The molecule has 0 saturated carbocycles. The normalized spacial score (nSPS) is 26.1. The number of pyridine rings is 1. The van der Waals surface area contributed by atoms with Gasteiger partial charge in [-0.2, -0.15) is 0 Å². The van der Waals surface area contributed by atoms with Gasteiger partial charge in [-0.3, -0.25) is 9.98 Å². The molecule has 1 aliphatic heterocycles. The highest BCUT2D eigenvalue weighted by molar-refractivity contribution is 8.13. The number of nitrogens with one attached hydrogen (secondary N) is 1. The summed E-state index contributed by atoms with van der Waals surface area (Å²) in [5.41, 5.74) is 2.49. The predicted octanol–water partition coefficient (Wildman–Crippen LogP) is 3.14. The minimum atomic E-state index is 0.212. The summed E-state index contributed by atoms with van der Waals surface area (Å²) in [6.45, 7) is 7.25. The van der Waals surface area contributed by atoms with Crippen LogP contribution in [0, 0.1) is 6.92 Å². The zero-order valence-electron chi connectivity index (χ0n) is 11.4. The number of hydrogen-bond acceptors (Lipinski definition) is 3. The number of rotatable bonds is 3. The molecule has 0 radical (unpaired) electrons. The molecule has 98 valence electrons. The molecule has 0 aromatic carbocycles. The molecular formula is C14H21N3S. The van der Waals surface area contributed by atoms with Crippen LogP contribution in [0.1, 0.15) is 37.9 Å². The molecule has 1 aromatic rings. The summed E-state index contributed by atoms with van der Waals surface area (Å²) in [5, 5.41) is 4.62. The van der Waals surface area contributed by atoms with Crippen molar-refractivity contribution in [2.75, 3.05) is 5.75 Å². The van der Waals surface area contributed by atoms with Crippen LogP contribution < -0.4 is 5.32 Å². The lowest BCUT2D eigenvalue weighted by molar-refractivity contribution is 0.390. The van der Waals surface area contributed by atoms with Crippen molar-refractivity contribution in [1.29, 1.82) is 0 Å². The first-order chi connectivity index (χ1) is 8.63. The third-order valence-electron chi connectivity index (χ3n) is 3.57. The van der Waals surface area contributed by atoms with Crippen molar-refractivity contribution < 1.29 is 0 Å². The Morgan fingerprint density at radius 3 is 3.11 bits per heavy atom. The third kappa shape index (κ3) is 3.25. The summed E-state index contributed by atoms with van der Waals surface area (Å²) >= 11 is 1.82. The van der Waals surface area contributed by atoms with E-state index in [1.807, 2.05) is 24.0 Å². The second-order valence-corrected chi connectivity index (χ2v) is 6.11. The standard InChI is InChI=1S/C14H21N3S/c1-4-14(3)7-9-18-13(17-14)16-10-12-11(2)6-5-8-15-12/h5-6,8H,4,7,9-10H2,1-3H3,(H,16,17). The SMILES string of the molecule is CCC1(C)CCSC(=NCc2ncccc2C)N1. The number of amidine groups is 1. The molecule has 1 unspecified atom stereocenters. The van der Waals surface area contributed by atoms with Crippen LogP contribution in [0.4, 0.5) is 0 Å². The first kappa shape index (κ1) is 13.4. The number of aliphatic imine (C=N–C) groups is 1. The number of hydrogen-bond donors (Lipinski definition) is 1. The molecule has 3 nitrogen and oxygen atoms in total. The minimum absolute atomic E-state index is 0.212. The van der Waals surface area contributed by atoms with Crippen molar-refractivity contribution in [3.8, 4) is 0 Å². The summed E-state index contributed by atoms with van der Waals surface area (Å²) in [5.74, 6) is 1.15. The van der Waals surface area contributed by atoms with Crippen molar-refractivity contribution in [2.45, 2.75) is 45.7 Å². The molecule has 2 heterocycles. The smallest absolute Gasteiger partial charge is 0.157 e. The molecular weight excluding hydrogens is 242 g/mol. The highest BCUT2D eigenvalue weighted by Crippen LogP contribution is 2.25. The molecule has 0 aliphatic carbocycles. The van der Waals surface area contributed by atoms with Gasteiger partial charge in [0.25, 0.3) is 0 Å². The molecule has 1 fully saturated rings. The Hall–Kier alpha value is -1.03. The monoisotopic (exact) mass is 263 g/mol. The van der Waals surface area contributed by atoms with Gasteiger partial charge in [-0.15, -0.1) is 0 Å². The first-order valence-electron chi connectivity index (χ1n) is 6.49. The number of aromatic nitrogens is 1. The number of aryl methyl sites for hydroxylation is 1. The molecule has 1 aromatic heterocycles. The van der Waals surface area contributed by atoms with Crippen LogP contribution in [0.3, 0.4) is 0 Å². The highest BCUT2D eigenvalue weighted by atomic mass is 32.2. The van der Waals surface area contributed by atoms with Gasteiger partial charge >= 0.3 is 0 Å². The van der Waals surface area contributed by atoms with Crippen molar-refractivity contribution in [2.24, 2.45) is 4.99 Å². The van der Waals surface area contributed by atoms with Crippen LogP contribution in [-0.2, 0) is 6.54 Å². The maximum atomic E-state index is 4.66. The van der Waals surface area contributed by atoms with Gasteiger partial charge < -0.3 is 5.32 Å². The highest BCUT2D eigenvalue weighted by Gasteiger charge is 2.27. The van der Waals surface area contributed by atoms with E-state index in [2.05, 4.69) is 42.1 Å². The van der Waals surface area contributed by atoms with Gasteiger partial charge in [0.1, 0.15) is 0 Å². The largest absolute Gasteiger partial charge is 0.360 e. The Morgan fingerprint density at radius 2 is 2.39 bits per heavy atom.